The summed E-state index contributed by atoms with van der Waals surface area (Å²) >= 11 is 0. The van der Waals surface area contributed by atoms with Gasteiger partial charge in [0.2, 0.25) is 5.91 Å². The van der Waals surface area contributed by atoms with Crippen molar-refractivity contribution in [1.82, 2.24) is 24.6 Å². The molecule has 0 bridgehead atoms. The van der Waals surface area contributed by atoms with Crippen LogP contribution >= 0.6 is 0 Å². The molecule has 0 aliphatic carbocycles. The molecule has 2 aliphatic heterocycles. The zero-order valence-electron chi connectivity index (χ0n) is 29.7. The number of aromatic nitrogens is 3. The summed E-state index contributed by atoms with van der Waals surface area (Å²) in [7, 11) is 5.70. The molecular formula is C40H41FN8O2. The number of anilines is 1. The van der Waals surface area contributed by atoms with Gasteiger partial charge in [-0.2, -0.15) is 15.6 Å². The molecule has 0 unspecified atom stereocenters. The van der Waals surface area contributed by atoms with Crippen LogP contribution in [0, 0.1) is 35.4 Å². The molecule has 5 aromatic rings. The van der Waals surface area contributed by atoms with Crippen LogP contribution < -0.4 is 4.90 Å². The molecule has 2 saturated heterocycles. The zero-order chi connectivity index (χ0) is 36.0. The van der Waals surface area contributed by atoms with Gasteiger partial charge in [-0.05, 0) is 69.4 Å². The molecule has 51 heavy (non-hydrogen) atoms. The van der Waals surface area contributed by atoms with E-state index in [4.69, 9.17) is 14.8 Å². The maximum atomic E-state index is 17.4. The first kappa shape index (κ1) is 34.1. The van der Waals surface area contributed by atoms with Gasteiger partial charge in [0.15, 0.2) is 5.82 Å². The van der Waals surface area contributed by atoms with Crippen molar-refractivity contribution in [2.75, 3.05) is 52.3 Å². The van der Waals surface area contributed by atoms with E-state index in [2.05, 4.69) is 43.0 Å². The van der Waals surface area contributed by atoms with Crippen molar-refractivity contribution in [3.63, 3.8) is 0 Å². The Labute approximate surface area is 296 Å². The van der Waals surface area contributed by atoms with Gasteiger partial charge in [-0.25, -0.2) is 9.37 Å². The van der Waals surface area contributed by atoms with E-state index in [0.717, 1.165) is 34.9 Å². The second-order valence-electron chi connectivity index (χ2n) is 14.2. The minimum Gasteiger partial charge on any atom is -0.381 e. The lowest BCUT2D eigenvalue weighted by molar-refractivity contribution is -0.130. The van der Waals surface area contributed by atoms with Crippen LogP contribution in [0.2, 0.25) is 0 Å². The number of ether oxygens (including phenoxy) is 1. The highest BCUT2D eigenvalue weighted by Crippen LogP contribution is 2.43. The molecule has 0 spiro atoms. The maximum absolute atomic E-state index is 17.4. The molecule has 2 fully saturated rings. The summed E-state index contributed by atoms with van der Waals surface area (Å²) in [6.07, 6.45) is 6.37. The van der Waals surface area contributed by atoms with Gasteiger partial charge < -0.3 is 19.4 Å². The van der Waals surface area contributed by atoms with Gasteiger partial charge >= 0.3 is 0 Å². The highest BCUT2D eigenvalue weighted by atomic mass is 19.1. The van der Waals surface area contributed by atoms with Gasteiger partial charge in [0, 0.05) is 55.2 Å². The zero-order valence-corrected chi connectivity index (χ0v) is 29.7. The Kier molecular flexibility index (Phi) is 8.96. The summed E-state index contributed by atoms with van der Waals surface area (Å²) in [6, 6.07) is 17.4. The highest BCUT2D eigenvalue weighted by Gasteiger charge is 2.42. The Morgan fingerprint density at radius 1 is 1.18 bits per heavy atom. The maximum Gasteiger partial charge on any atom is 0.246 e. The molecule has 4 heterocycles. The number of likely N-dealkylation sites (N-methyl/N-ethyl adjacent to an activating group) is 1. The van der Waals surface area contributed by atoms with Gasteiger partial charge in [0.25, 0.3) is 0 Å². The second-order valence-corrected chi connectivity index (χ2v) is 14.2. The van der Waals surface area contributed by atoms with Crippen molar-refractivity contribution in [3.05, 3.63) is 77.8 Å². The number of hydrogen-bond donors (Lipinski definition) is 0. The molecule has 1 amide bonds. The molecule has 2 aliphatic rings. The molecular weight excluding hydrogens is 643 g/mol. The van der Waals surface area contributed by atoms with E-state index in [9.17, 15) is 15.3 Å². The Morgan fingerprint density at radius 2 is 1.94 bits per heavy atom. The average molecular weight is 685 g/mol. The predicted molar refractivity (Wildman–Crippen MR) is 197 cm³/mol. The molecule has 7 rings (SSSR count). The van der Waals surface area contributed by atoms with Crippen LogP contribution in [0.1, 0.15) is 43.4 Å². The van der Waals surface area contributed by atoms with Gasteiger partial charge in [0.1, 0.15) is 11.3 Å². The number of rotatable bonds is 8. The van der Waals surface area contributed by atoms with Crippen LogP contribution in [0.4, 0.5) is 10.2 Å². The molecule has 0 radical (unpaired) electrons. The van der Waals surface area contributed by atoms with Crippen molar-refractivity contribution in [1.29, 1.82) is 10.5 Å². The number of halogens is 1. The summed E-state index contributed by atoms with van der Waals surface area (Å²) < 4.78 is 24.4. The number of hydrogen-bond acceptors (Lipinski definition) is 8. The molecule has 11 heteroatoms. The number of likely N-dealkylation sites (tertiary alicyclic amines) is 1. The van der Waals surface area contributed by atoms with Crippen LogP contribution in [0.15, 0.2) is 60.8 Å². The molecule has 2 atom stereocenters. The summed E-state index contributed by atoms with van der Waals surface area (Å²) in [6.45, 7) is 6.32. The first-order valence-electron chi connectivity index (χ1n) is 17.3. The summed E-state index contributed by atoms with van der Waals surface area (Å²) in [5.41, 5.74) is 3.25. The monoisotopic (exact) mass is 684 g/mol. The largest absolute Gasteiger partial charge is 0.381 e. The third-order valence-electron chi connectivity index (χ3n) is 10.9. The van der Waals surface area contributed by atoms with Crippen molar-refractivity contribution >= 4 is 44.3 Å². The molecule has 0 N–H and O–H groups in total. The fourth-order valence-corrected chi connectivity index (χ4v) is 7.90. The lowest BCUT2D eigenvalue weighted by Crippen LogP contribution is -2.67. The van der Waals surface area contributed by atoms with E-state index in [-0.39, 0.29) is 35.5 Å². The topological polar surface area (TPSA) is 114 Å². The number of carbonyl (C=O) groups excluding carboxylic acids is 1. The summed E-state index contributed by atoms with van der Waals surface area (Å²) in [5.74, 6) is 0.0903. The van der Waals surface area contributed by atoms with E-state index in [1.807, 2.05) is 54.2 Å². The fraction of sp³-hybridized carbons (Fsp3) is 0.375. The standard InChI is InChI=1S/C40H41FN8O2/c1-25-19-31-37(36(41)34(25)30-12-7-10-26-9-6-11-27(21-43)35(26)30)45-39(47-23-40(2,24-47)46(3)4)32-22-44-49(38(31)32)29-15-17-48(28(20-29)14-16-42)33(50)13-8-18-51-5/h6-13,19,22,28-29H,14-15,17-18,20,23-24H2,1-5H3/b13-8+/t28-,29+/m1/s1. The molecule has 0 saturated carbocycles. The number of aryl methyl sites for hydroxylation is 1. The third kappa shape index (κ3) is 5.77. The normalized spacial score (nSPS) is 18.8. The lowest BCUT2D eigenvalue weighted by atomic mass is 9.89. The van der Waals surface area contributed by atoms with E-state index in [1.165, 1.54) is 6.08 Å². The third-order valence-corrected chi connectivity index (χ3v) is 10.9. The number of methoxy groups -OCH3 is 1. The van der Waals surface area contributed by atoms with Crippen LogP contribution in [-0.2, 0) is 9.53 Å². The van der Waals surface area contributed by atoms with Gasteiger partial charge in [-0.3, -0.25) is 9.48 Å². The molecule has 2 aromatic heterocycles. The van der Waals surface area contributed by atoms with Crippen LogP contribution in [0.5, 0.6) is 0 Å². The highest BCUT2D eigenvalue weighted by molar-refractivity contribution is 6.11. The van der Waals surface area contributed by atoms with Gasteiger partial charge in [-0.15, -0.1) is 0 Å². The van der Waals surface area contributed by atoms with Gasteiger partial charge in [-0.1, -0.05) is 36.4 Å². The SMILES string of the molecule is COC/C=C/C(=O)N1CC[C@H](n2ncc3c(N4CC(C)(N(C)C)C4)nc4c(F)c(-c5cccc6cccc(C#N)c56)c(C)cc4c32)C[C@H]1CC#N. The number of amides is 1. The molecule has 260 valence electrons. The number of benzene rings is 3. The number of fused-ring (bicyclic) bond motifs is 4. The first-order chi connectivity index (χ1) is 24.6. The Bertz CT molecular complexity index is 2290. The van der Waals surface area contributed by atoms with Gasteiger partial charge in [0.05, 0.1) is 59.4 Å². The second kappa shape index (κ2) is 13.4. The minimum atomic E-state index is -0.442. The van der Waals surface area contributed by atoms with Crippen molar-refractivity contribution in [2.45, 2.75) is 50.7 Å². The van der Waals surface area contributed by atoms with E-state index in [1.54, 1.807) is 24.2 Å². The Balaban J connectivity index is 1.40. The van der Waals surface area contributed by atoms with Crippen LogP contribution in [-0.4, -0.2) is 89.5 Å². The van der Waals surface area contributed by atoms with E-state index in [0.29, 0.717) is 59.3 Å². The number of pyridine rings is 1. The number of nitrogens with zero attached hydrogens (tertiary/aromatic N) is 8. The predicted octanol–water partition coefficient (Wildman–Crippen LogP) is 6.51. The number of piperidine rings is 1. The van der Waals surface area contributed by atoms with Crippen molar-refractivity contribution in [2.24, 2.45) is 0 Å². The van der Waals surface area contributed by atoms with Crippen LogP contribution in [0.3, 0.4) is 0 Å². The smallest absolute Gasteiger partial charge is 0.246 e. The average Bonchev–Trinajstić information content (AvgIpc) is 3.56. The fourth-order valence-electron chi connectivity index (χ4n) is 7.90. The number of nitriles is 2. The Morgan fingerprint density at radius 3 is 2.65 bits per heavy atom. The summed E-state index contributed by atoms with van der Waals surface area (Å²) in [5, 5.41) is 27.7. The first-order valence-corrected chi connectivity index (χ1v) is 17.3. The quantitative estimate of drug-likeness (QED) is 0.170. The number of carbonyl (C=O) groups is 1. The van der Waals surface area contributed by atoms with Crippen LogP contribution in [0.25, 0.3) is 43.7 Å². The minimum absolute atomic E-state index is 0.0613. The van der Waals surface area contributed by atoms with Crippen molar-refractivity contribution < 1.29 is 13.9 Å². The Hall–Kier alpha value is -5.36. The van der Waals surface area contributed by atoms with E-state index < -0.39 is 5.82 Å². The molecule has 3 aromatic carbocycles. The summed E-state index contributed by atoms with van der Waals surface area (Å²) in [4.78, 5) is 24.3. The molecule has 10 nitrogen and oxygen atoms in total. The van der Waals surface area contributed by atoms with E-state index >= 15 is 4.39 Å². The van der Waals surface area contributed by atoms with Crippen molar-refractivity contribution in [3.8, 4) is 23.3 Å². The lowest BCUT2D eigenvalue weighted by Gasteiger charge is -2.52.